The number of imidazole rings is 2. The Morgan fingerprint density at radius 2 is 1.13 bits per heavy atom. The van der Waals surface area contributed by atoms with Crippen molar-refractivity contribution in [2.24, 2.45) is 0 Å². The number of fused-ring (bicyclic) bond motifs is 2. The highest BCUT2D eigenvalue weighted by Gasteiger charge is 2.29. The van der Waals surface area contributed by atoms with Crippen LogP contribution < -0.4 is 31.5 Å². The van der Waals surface area contributed by atoms with E-state index in [9.17, 15) is 44.0 Å². The number of hydrogen-bond donors (Lipinski definition) is 2. The van der Waals surface area contributed by atoms with Gasteiger partial charge < -0.3 is 28.4 Å². The van der Waals surface area contributed by atoms with E-state index in [-0.39, 0.29) is 31.9 Å². The lowest BCUT2D eigenvalue weighted by Crippen LogP contribution is -2.42. The first kappa shape index (κ1) is 28.5. The van der Waals surface area contributed by atoms with Crippen LogP contribution in [-0.4, -0.2) is 55.0 Å². The van der Waals surface area contributed by atoms with Crippen LogP contribution in [0.1, 0.15) is 0 Å². The maximum atomic E-state index is 13.6. The Labute approximate surface area is 244 Å². The van der Waals surface area contributed by atoms with Crippen LogP contribution in [0.25, 0.3) is 33.4 Å². The summed E-state index contributed by atoms with van der Waals surface area (Å²) < 4.78 is 27.0. The molecule has 0 saturated heterocycles. The number of aromatic nitrogens is 8. The first-order valence-electron chi connectivity index (χ1n) is 12.2. The summed E-state index contributed by atoms with van der Waals surface area (Å²) in [4.78, 5) is 85.0. The Morgan fingerprint density at radius 3 is 1.47 bits per heavy atom. The molecule has 22 heteroatoms. The Bertz CT molecular complexity index is 2310. The first-order valence-corrected chi connectivity index (χ1v) is 14.2. The van der Waals surface area contributed by atoms with E-state index in [1.165, 1.54) is 46.6 Å². The SMILES string of the molecule is CP(=O)(On1c(=O)c(=O)[nH]c2cc(-n3ccnc3)c([N+](=O)[O-])cc21)On1c(=O)c(=O)[nH]c2cc(-n3ccnc3)c([N+](=O)[O-])cc21. The van der Waals surface area contributed by atoms with E-state index >= 15 is 0 Å². The Kier molecular flexibility index (Phi) is 6.50. The number of nitro groups is 2. The average Bonchev–Trinajstić information content (AvgIpc) is 3.72. The van der Waals surface area contributed by atoms with E-state index in [0.29, 0.717) is 0 Å². The molecule has 2 N–H and O–H groups in total. The highest BCUT2D eigenvalue weighted by Crippen LogP contribution is 2.38. The minimum absolute atomic E-state index is 0.0556. The second-order valence-corrected chi connectivity index (χ2v) is 11.1. The van der Waals surface area contributed by atoms with Gasteiger partial charge in [-0.1, -0.05) is 0 Å². The Balaban J connectivity index is 1.50. The third-order valence-corrected chi connectivity index (χ3v) is 7.22. The number of nitro benzene ring substituents is 2. The van der Waals surface area contributed by atoms with Crippen molar-refractivity contribution in [3.8, 4) is 11.4 Å². The summed E-state index contributed by atoms with van der Waals surface area (Å²) in [5, 5.41) is 23.8. The zero-order valence-corrected chi connectivity index (χ0v) is 23.2. The van der Waals surface area contributed by atoms with Gasteiger partial charge in [0.25, 0.3) is 11.4 Å². The average molecular weight is 638 g/mol. The van der Waals surface area contributed by atoms with Crippen molar-refractivity contribution in [1.82, 2.24) is 38.5 Å². The van der Waals surface area contributed by atoms with Crippen LogP contribution in [0.3, 0.4) is 0 Å². The van der Waals surface area contributed by atoms with Gasteiger partial charge in [-0.3, -0.25) is 39.4 Å². The molecule has 0 aliphatic rings. The van der Waals surface area contributed by atoms with Crippen LogP contribution in [0.4, 0.5) is 11.4 Å². The summed E-state index contributed by atoms with van der Waals surface area (Å²) in [5.74, 6) is 0. The number of aromatic amines is 2. The van der Waals surface area contributed by atoms with E-state index in [4.69, 9.17) is 9.25 Å². The number of hydrogen-bond acceptors (Lipinski definition) is 13. The summed E-state index contributed by atoms with van der Waals surface area (Å²) in [6.07, 6.45) is 7.97. The summed E-state index contributed by atoms with van der Waals surface area (Å²) in [6, 6.07) is 4.00. The van der Waals surface area contributed by atoms with Crippen LogP contribution >= 0.6 is 7.60 Å². The molecule has 4 aromatic heterocycles. The molecule has 228 valence electrons. The number of nitrogens with zero attached hydrogens (tertiary/aromatic N) is 8. The maximum Gasteiger partial charge on any atom is 0.464 e. The molecule has 45 heavy (non-hydrogen) atoms. The molecule has 2 aromatic carbocycles. The molecular weight excluding hydrogens is 623 g/mol. The van der Waals surface area contributed by atoms with Crippen molar-refractivity contribution < 1.29 is 23.7 Å². The topological polar surface area (TPSA) is 267 Å². The molecule has 6 aromatic rings. The lowest BCUT2D eigenvalue weighted by atomic mass is 10.2. The molecule has 0 bridgehead atoms. The van der Waals surface area contributed by atoms with Crippen LogP contribution in [0.2, 0.25) is 0 Å². The minimum atomic E-state index is -4.79. The van der Waals surface area contributed by atoms with Gasteiger partial charge in [0.15, 0.2) is 0 Å². The number of benzene rings is 2. The van der Waals surface area contributed by atoms with E-state index in [2.05, 4.69) is 19.9 Å². The van der Waals surface area contributed by atoms with Gasteiger partial charge in [-0.15, -0.1) is 9.46 Å². The summed E-state index contributed by atoms with van der Waals surface area (Å²) in [6.45, 7) is 0.758. The molecule has 0 unspecified atom stereocenters. The second-order valence-electron chi connectivity index (χ2n) is 9.21. The minimum Gasteiger partial charge on any atom is -0.319 e. The highest BCUT2D eigenvalue weighted by molar-refractivity contribution is 7.53. The largest absolute Gasteiger partial charge is 0.464 e. The third kappa shape index (κ3) is 4.93. The van der Waals surface area contributed by atoms with Crippen molar-refractivity contribution >= 4 is 41.0 Å². The molecular formula is C23H15N10O11P. The molecule has 0 radical (unpaired) electrons. The third-order valence-electron chi connectivity index (χ3n) is 6.30. The van der Waals surface area contributed by atoms with Crippen LogP contribution in [-0.2, 0) is 4.57 Å². The van der Waals surface area contributed by atoms with Gasteiger partial charge in [0.2, 0.25) is 0 Å². The molecule has 0 amide bonds. The quantitative estimate of drug-likeness (QED) is 0.0981. The molecule has 0 atom stereocenters. The fraction of sp³-hybridized carbons (Fsp3) is 0.0435. The molecule has 0 aliphatic carbocycles. The zero-order chi connectivity index (χ0) is 32.2. The molecule has 0 spiro atoms. The molecule has 0 aliphatic heterocycles. The number of nitrogens with one attached hydrogen (secondary N) is 2. The van der Waals surface area contributed by atoms with Crippen molar-refractivity contribution in [2.45, 2.75) is 0 Å². The maximum absolute atomic E-state index is 13.6. The Morgan fingerprint density at radius 1 is 0.733 bits per heavy atom. The van der Waals surface area contributed by atoms with Gasteiger partial charge in [-0.05, 0) is 12.1 Å². The highest BCUT2D eigenvalue weighted by atomic mass is 31.2. The van der Waals surface area contributed by atoms with E-state index in [1.54, 1.807) is 0 Å². The second kappa shape index (κ2) is 10.3. The van der Waals surface area contributed by atoms with Gasteiger partial charge in [0.05, 0.1) is 40.2 Å². The predicted molar refractivity (Wildman–Crippen MR) is 152 cm³/mol. The van der Waals surface area contributed by atoms with Crippen molar-refractivity contribution in [3.05, 3.63) is 123 Å². The van der Waals surface area contributed by atoms with E-state index < -0.39 is 62.1 Å². The lowest BCUT2D eigenvalue weighted by Gasteiger charge is -2.19. The fourth-order valence-corrected chi connectivity index (χ4v) is 5.35. The van der Waals surface area contributed by atoms with Crippen LogP contribution in [0.15, 0.2) is 80.9 Å². The van der Waals surface area contributed by atoms with Gasteiger partial charge in [0, 0.05) is 36.9 Å². The smallest absolute Gasteiger partial charge is 0.319 e. The number of H-pyrrole nitrogens is 2. The molecule has 21 nitrogen and oxygen atoms in total. The fourth-order valence-electron chi connectivity index (χ4n) is 4.41. The van der Waals surface area contributed by atoms with Crippen LogP contribution in [0, 0.1) is 20.2 Å². The van der Waals surface area contributed by atoms with Gasteiger partial charge >= 0.3 is 29.8 Å². The Hall–Kier alpha value is -6.63. The number of rotatable bonds is 8. The van der Waals surface area contributed by atoms with Crippen LogP contribution in [0.5, 0.6) is 0 Å². The predicted octanol–water partition coefficient (Wildman–Crippen LogP) is 0.261. The van der Waals surface area contributed by atoms with Gasteiger partial charge in [-0.2, -0.15) is 0 Å². The normalized spacial score (nSPS) is 11.6. The van der Waals surface area contributed by atoms with Gasteiger partial charge in [-0.25, -0.2) is 14.5 Å². The van der Waals surface area contributed by atoms with Gasteiger partial charge in [0.1, 0.15) is 22.4 Å². The summed E-state index contributed by atoms with van der Waals surface area (Å²) >= 11 is 0. The summed E-state index contributed by atoms with van der Waals surface area (Å²) in [5.41, 5.74) is -7.96. The van der Waals surface area contributed by atoms with E-state index in [1.807, 2.05) is 0 Å². The molecule has 0 fully saturated rings. The zero-order valence-electron chi connectivity index (χ0n) is 22.3. The summed E-state index contributed by atoms with van der Waals surface area (Å²) in [7, 11) is -4.79. The first-order chi connectivity index (χ1) is 21.3. The van der Waals surface area contributed by atoms with Crippen molar-refractivity contribution in [3.63, 3.8) is 0 Å². The molecule has 6 rings (SSSR count). The monoisotopic (exact) mass is 638 g/mol. The van der Waals surface area contributed by atoms with E-state index in [0.717, 1.165) is 30.9 Å². The standard InChI is InChI=1S/C23H15N10O11P/c1-45(42,43-30-14-8-18(32(38)39)16(28-4-2-24-10-28)6-12(14)26-20(34)22(30)36)44-31-15-9-19(33(40)41)17(29-5-3-25-11-29)7-13(15)27-21(35)23(31)37/h2-11H,1H3,(H,26,34)(H,27,35). The molecule has 4 heterocycles. The lowest BCUT2D eigenvalue weighted by molar-refractivity contribution is -0.384. The van der Waals surface area contributed by atoms with Crippen molar-refractivity contribution in [2.75, 3.05) is 6.66 Å². The molecule has 0 saturated carbocycles. The van der Waals surface area contributed by atoms with Crippen molar-refractivity contribution in [1.29, 1.82) is 0 Å².